The summed E-state index contributed by atoms with van der Waals surface area (Å²) in [5, 5.41) is 14.2. The van der Waals surface area contributed by atoms with E-state index in [4.69, 9.17) is 0 Å². The van der Waals surface area contributed by atoms with Crippen LogP contribution in [0.3, 0.4) is 0 Å². The highest BCUT2D eigenvalue weighted by Gasteiger charge is 2.22. The number of carboxylic acids is 1. The maximum absolute atomic E-state index is 13.3. The molecule has 3 heterocycles. The van der Waals surface area contributed by atoms with Gasteiger partial charge in [-0.3, -0.25) is 9.36 Å². The van der Waals surface area contributed by atoms with Crippen LogP contribution in [0.1, 0.15) is 18.7 Å². The molecule has 29 heavy (non-hydrogen) atoms. The molecule has 148 valence electrons. The molecule has 0 saturated carbocycles. The van der Waals surface area contributed by atoms with Gasteiger partial charge < -0.3 is 5.11 Å². The first kappa shape index (κ1) is 19.1. The first-order valence-corrected chi connectivity index (χ1v) is 9.60. The van der Waals surface area contributed by atoms with Gasteiger partial charge in [-0.05, 0) is 30.2 Å². The Hall–Kier alpha value is -3.20. The average Bonchev–Trinajstić information content (AvgIpc) is 3.09. The molecular formula is C20H17FN4O3S. The number of fused-ring (bicyclic) bond motifs is 3. The summed E-state index contributed by atoms with van der Waals surface area (Å²) < 4.78 is 16.1. The van der Waals surface area contributed by atoms with Gasteiger partial charge in [0.25, 0.3) is 5.56 Å². The summed E-state index contributed by atoms with van der Waals surface area (Å²) in [6.45, 7) is 1.95. The molecule has 1 aromatic carbocycles. The lowest BCUT2D eigenvalue weighted by atomic mass is 10.0. The molecule has 0 fully saturated rings. The maximum Gasteiger partial charge on any atom is 0.327 e. The lowest BCUT2D eigenvalue weighted by Crippen LogP contribution is -2.31. The van der Waals surface area contributed by atoms with Crippen LogP contribution in [0.4, 0.5) is 4.39 Å². The normalized spacial score (nSPS) is 12.5. The molecule has 0 unspecified atom stereocenters. The molecular weight excluding hydrogens is 395 g/mol. The van der Waals surface area contributed by atoms with Crippen molar-refractivity contribution in [3.05, 3.63) is 64.6 Å². The molecule has 7 nitrogen and oxygen atoms in total. The van der Waals surface area contributed by atoms with Crippen LogP contribution in [0.2, 0.25) is 0 Å². The number of aryl methyl sites for hydroxylation is 1. The van der Waals surface area contributed by atoms with Gasteiger partial charge in [0.2, 0.25) is 0 Å². The number of pyridine rings is 1. The summed E-state index contributed by atoms with van der Waals surface area (Å²) in [7, 11) is 0. The van der Waals surface area contributed by atoms with Crippen molar-refractivity contribution >= 4 is 35.1 Å². The zero-order valence-corrected chi connectivity index (χ0v) is 16.3. The second kappa shape index (κ2) is 7.32. The number of halogens is 1. The SMILES string of the molecule is CCc1nn2c(ncc3c(=O)n([C@@H](CS)C(=O)O)ccc32)c1-c1ccc(F)cc1. The van der Waals surface area contributed by atoms with Gasteiger partial charge in [-0.25, -0.2) is 18.7 Å². The van der Waals surface area contributed by atoms with Crippen LogP contribution in [0.25, 0.3) is 27.7 Å². The van der Waals surface area contributed by atoms with E-state index >= 15 is 0 Å². The highest BCUT2D eigenvalue weighted by atomic mass is 32.1. The molecule has 9 heteroatoms. The molecule has 0 spiro atoms. The summed E-state index contributed by atoms with van der Waals surface area (Å²) >= 11 is 4.04. The molecule has 0 aliphatic heterocycles. The standard InChI is InChI=1S/C20H17FN4O3S/c1-2-14-17(11-3-5-12(21)6-4-11)18-22-9-13-15(25(18)23-14)7-8-24(19(13)26)16(10-29)20(27)28/h3-9,16,29H,2,10H2,1H3,(H,27,28)/t16-/m0/s1. The maximum atomic E-state index is 13.3. The molecule has 1 atom stereocenters. The highest BCUT2D eigenvalue weighted by molar-refractivity contribution is 7.80. The quantitative estimate of drug-likeness (QED) is 0.492. The van der Waals surface area contributed by atoms with Crippen molar-refractivity contribution in [1.82, 2.24) is 19.2 Å². The Morgan fingerprint density at radius 2 is 2.00 bits per heavy atom. The Bertz CT molecular complexity index is 1300. The number of rotatable bonds is 5. The van der Waals surface area contributed by atoms with Gasteiger partial charge in [-0.1, -0.05) is 19.1 Å². The number of nitrogens with zero attached hydrogens (tertiary/aromatic N) is 4. The number of carboxylic acid groups (broad SMARTS) is 1. The fraction of sp³-hybridized carbons (Fsp3) is 0.200. The van der Waals surface area contributed by atoms with Gasteiger partial charge in [0, 0.05) is 23.7 Å². The molecule has 0 bridgehead atoms. The second-order valence-electron chi connectivity index (χ2n) is 6.54. The number of benzene rings is 1. The molecule has 4 rings (SSSR count). The first-order chi connectivity index (χ1) is 14.0. The molecule has 0 amide bonds. The second-order valence-corrected chi connectivity index (χ2v) is 6.90. The number of hydrogen-bond acceptors (Lipinski definition) is 5. The molecule has 1 N–H and O–H groups in total. The number of aliphatic carboxylic acids is 1. The third-order valence-electron chi connectivity index (χ3n) is 4.87. The Labute approximate surface area is 169 Å². The highest BCUT2D eigenvalue weighted by Crippen LogP contribution is 2.29. The van der Waals surface area contributed by atoms with E-state index in [1.165, 1.54) is 24.5 Å². The zero-order chi connectivity index (χ0) is 20.7. The predicted octanol–water partition coefficient (Wildman–Crippen LogP) is 2.97. The first-order valence-electron chi connectivity index (χ1n) is 8.97. The molecule has 0 radical (unpaired) electrons. The van der Waals surface area contributed by atoms with Crippen molar-refractivity contribution in [3.63, 3.8) is 0 Å². The van der Waals surface area contributed by atoms with Crippen molar-refractivity contribution in [2.75, 3.05) is 5.75 Å². The van der Waals surface area contributed by atoms with Crippen LogP contribution in [0, 0.1) is 5.82 Å². The Morgan fingerprint density at radius 3 is 2.62 bits per heavy atom. The minimum Gasteiger partial charge on any atom is -0.480 e. The van der Waals surface area contributed by atoms with E-state index in [1.807, 2.05) is 6.92 Å². The van der Waals surface area contributed by atoms with Gasteiger partial charge in [-0.15, -0.1) is 0 Å². The number of carbonyl (C=O) groups is 1. The Kier molecular flexibility index (Phi) is 4.83. The van der Waals surface area contributed by atoms with Crippen LogP contribution in [-0.2, 0) is 11.2 Å². The summed E-state index contributed by atoms with van der Waals surface area (Å²) in [4.78, 5) is 28.8. The summed E-state index contributed by atoms with van der Waals surface area (Å²) in [5.41, 5.74) is 2.90. The summed E-state index contributed by atoms with van der Waals surface area (Å²) in [6.07, 6.45) is 3.48. The van der Waals surface area contributed by atoms with E-state index in [2.05, 4.69) is 22.7 Å². The van der Waals surface area contributed by atoms with Crippen LogP contribution in [0.5, 0.6) is 0 Å². The summed E-state index contributed by atoms with van der Waals surface area (Å²) in [5.74, 6) is -1.49. The van der Waals surface area contributed by atoms with Crippen molar-refractivity contribution in [2.24, 2.45) is 0 Å². The molecule has 3 aromatic heterocycles. The molecule has 0 aliphatic carbocycles. The van der Waals surface area contributed by atoms with E-state index in [1.54, 1.807) is 22.7 Å². The van der Waals surface area contributed by atoms with Gasteiger partial charge in [0.05, 0.1) is 16.6 Å². The molecule has 4 aromatic rings. The minimum atomic E-state index is -1.14. The Balaban J connectivity index is 2.00. The van der Waals surface area contributed by atoms with Crippen molar-refractivity contribution < 1.29 is 14.3 Å². The van der Waals surface area contributed by atoms with Crippen molar-refractivity contribution in [2.45, 2.75) is 19.4 Å². The van der Waals surface area contributed by atoms with E-state index in [9.17, 15) is 19.1 Å². The van der Waals surface area contributed by atoms with Gasteiger partial charge in [0.1, 0.15) is 11.9 Å². The number of aromatic nitrogens is 4. The monoisotopic (exact) mass is 412 g/mol. The van der Waals surface area contributed by atoms with Gasteiger partial charge in [-0.2, -0.15) is 17.7 Å². The predicted molar refractivity (Wildman–Crippen MR) is 110 cm³/mol. The fourth-order valence-electron chi connectivity index (χ4n) is 3.42. The lowest BCUT2D eigenvalue weighted by Gasteiger charge is -2.14. The minimum absolute atomic E-state index is 0.0209. The fourth-order valence-corrected chi connectivity index (χ4v) is 3.75. The topological polar surface area (TPSA) is 89.5 Å². The average molecular weight is 412 g/mol. The number of hydrogen-bond donors (Lipinski definition) is 2. The van der Waals surface area contributed by atoms with Gasteiger partial charge >= 0.3 is 5.97 Å². The van der Waals surface area contributed by atoms with Crippen LogP contribution < -0.4 is 5.56 Å². The Morgan fingerprint density at radius 1 is 1.28 bits per heavy atom. The van der Waals surface area contributed by atoms with E-state index in [0.29, 0.717) is 17.6 Å². The van der Waals surface area contributed by atoms with E-state index < -0.39 is 17.6 Å². The largest absolute Gasteiger partial charge is 0.480 e. The van der Waals surface area contributed by atoms with E-state index in [-0.39, 0.29) is 17.0 Å². The van der Waals surface area contributed by atoms with Crippen LogP contribution >= 0.6 is 12.6 Å². The summed E-state index contributed by atoms with van der Waals surface area (Å²) in [6, 6.07) is 6.65. The van der Waals surface area contributed by atoms with Crippen molar-refractivity contribution in [3.8, 4) is 11.1 Å². The van der Waals surface area contributed by atoms with Crippen molar-refractivity contribution in [1.29, 1.82) is 0 Å². The lowest BCUT2D eigenvalue weighted by molar-refractivity contribution is -0.140. The smallest absolute Gasteiger partial charge is 0.327 e. The third-order valence-corrected chi connectivity index (χ3v) is 5.22. The van der Waals surface area contributed by atoms with E-state index in [0.717, 1.165) is 21.4 Å². The van der Waals surface area contributed by atoms with Gasteiger partial charge in [0.15, 0.2) is 5.65 Å². The third kappa shape index (κ3) is 3.07. The van der Waals surface area contributed by atoms with Crippen LogP contribution in [-0.4, -0.2) is 36.0 Å². The molecule has 0 aliphatic rings. The number of thiol groups is 1. The molecule has 0 saturated heterocycles. The zero-order valence-electron chi connectivity index (χ0n) is 15.4. The van der Waals surface area contributed by atoms with Crippen LogP contribution in [0.15, 0.2) is 47.5 Å².